The molecule has 0 aromatic heterocycles. The molecule has 0 aliphatic rings. The van der Waals surface area contributed by atoms with Crippen LogP contribution in [-0.4, -0.2) is 44.3 Å². The third kappa shape index (κ3) is 8.25. The second kappa shape index (κ2) is 14.1. The number of amides is 2. The van der Waals surface area contributed by atoms with Crippen LogP contribution in [0.1, 0.15) is 38.3 Å². The van der Waals surface area contributed by atoms with Crippen LogP contribution in [-0.2, 0) is 32.3 Å². The first-order valence-electron chi connectivity index (χ1n) is 13.3. The van der Waals surface area contributed by atoms with Gasteiger partial charge in [0.05, 0.1) is 16.1 Å². The lowest BCUT2D eigenvalue weighted by molar-refractivity contribution is -0.140. The minimum Gasteiger partial charge on any atom is -0.354 e. The summed E-state index contributed by atoms with van der Waals surface area (Å²) in [6.45, 7) is 4.88. The van der Waals surface area contributed by atoms with Crippen LogP contribution >= 0.6 is 11.6 Å². The molecule has 12 heteroatoms. The van der Waals surface area contributed by atoms with Crippen LogP contribution in [0.3, 0.4) is 0 Å². The van der Waals surface area contributed by atoms with Gasteiger partial charge in [-0.05, 0) is 54.3 Å². The largest absolute Gasteiger partial charge is 0.416 e. The number of carbonyl (C=O) groups is 2. The Hall–Kier alpha value is -3.57. The van der Waals surface area contributed by atoms with Crippen molar-refractivity contribution < 1.29 is 31.2 Å². The summed E-state index contributed by atoms with van der Waals surface area (Å²) >= 11 is 6.37. The fourth-order valence-electron chi connectivity index (χ4n) is 4.24. The number of sulfonamides is 1. The summed E-state index contributed by atoms with van der Waals surface area (Å²) < 4.78 is 69.0. The molecule has 1 N–H and O–H groups in total. The van der Waals surface area contributed by atoms with Gasteiger partial charge in [-0.15, -0.1) is 0 Å². The topological polar surface area (TPSA) is 86.8 Å². The van der Waals surface area contributed by atoms with E-state index < -0.39 is 46.2 Å². The third-order valence-electron chi connectivity index (χ3n) is 6.44. The van der Waals surface area contributed by atoms with Gasteiger partial charge in [0.25, 0.3) is 10.0 Å². The van der Waals surface area contributed by atoms with Gasteiger partial charge in [0.15, 0.2) is 0 Å². The van der Waals surface area contributed by atoms with Gasteiger partial charge in [0.1, 0.15) is 12.6 Å². The molecule has 1 atom stereocenters. The Morgan fingerprint density at radius 3 is 2.19 bits per heavy atom. The summed E-state index contributed by atoms with van der Waals surface area (Å²) in [5.74, 6) is -1.10. The molecule has 42 heavy (non-hydrogen) atoms. The molecule has 3 aromatic carbocycles. The fourth-order valence-corrected chi connectivity index (χ4v) is 5.86. The molecule has 0 heterocycles. The van der Waals surface area contributed by atoms with Crippen LogP contribution in [0.5, 0.6) is 0 Å². The Bertz CT molecular complexity index is 1480. The van der Waals surface area contributed by atoms with Crippen LogP contribution in [0.4, 0.5) is 18.9 Å². The van der Waals surface area contributed by atoms with Gasteiger partial charge >= 0.3 is 6.18 Å². The Morgan fingerprint density at radius 2 is 1.60 bits per heavy atom. The molecule has 0 radical (unpaired) electrons. The molecular formula is C30H33ClF3N3O4S. The SMILES string of the molecule is CC[C@H](C(=O)NCC(C)C)N(Cc1ccccc1Cl)C(=O)CN(c1cccc(C(F)(F)F)c1)S(=O)(=O)c1ccccc1. The van der Waals surface area contributed by atoms with E-state index in [1.165, 1.54) is 35.2 Å². The zero-order valence-corrected chi connectivity index (χ0v) is 25.0. The number of benzene rings is 3. The maximum absolute atomic E-state index is 14.0. The first-order valence-corrected chi connectivity index (χ1v) is 15.1. The molecule has 7 nitrogen and oxygen atoms in total. The normalized spacial score (nSPS) is 12.6. The molecule has 0 saturated heterocycles. The summed E-state index contributed by atoms with van der Waals surface area (Å²) in [5.41, 5.74) is -0.913. The summed E-state index contributed by atoms with van der Waals surface area (Å²) in [5, 5.41) is 3.14. The zero-order valence-electron chi connectivity index (χ0n) is 23.4. The zero-order chi connectivity index (χ0) is 31.1. The monoisotopic (exact) mass is 623 g/mol. The number of hydrogen-bond donors (Lipinski definition) is 1. The van der Waals surface area contributed by atoms with E-state index in [0.717, 1.165) is 12.1 Å². The highest BCUT2D eigenvalue weighted by atomic mass is 35.5. The van der Waals surface area contributed by atoms with Crippen molar-refractivity contribution in [1.29, 1.82) is 0 Å². The molecule has 226 valence electrons. The number of anilines is 1. The fraction of sp³-hybridized carbons (Fsp3) is 0.333. The molecular weight excluding hydrogens is 591 g/mol. The van der Waals surface area contributed by atoms with Gasteiger partial charge in [0, 0.05) is 18.1 Å². The molecule has 0 saturated carbocycles. The van der Waals surface area contributed by atoms with E-state index in [1.54, 1.807) is 37.3 Å². The lowest BCUT2D eigenvalue weighted by Gasteiger charge is -2.33. The molecule has 0 spiro atoms. The summed E-state index contributed by atoms with van der Waals surface area (Å²) in [4.78, 5) is 28.3. The molecule has 0 unspecified atom stereocenters. The van der Waals surface area contributed by atoms with Crippen molar-refractivity contribution in [2.24, 2.45) is 5.92 Å². The maximum atomic E-state index is 14.0. The Balaban J connectivity index is 2.11. The highest BCUT2D eigenvalue weighted by molar-refractivity contribution is 7.92. The van der Waals surface area contributed by atoms with E-state index in [4.69, 9.17) is 11.6 Å². The van der Waals surface area contributed by atoms with Gasteiger partial charge in [0.2, 0.25) is 11.8 Å². The Morgan fingerprint density at radius 1 is 0.952 bits per heavy atom. The summed E-state index contributed by atoms with van der Waals surface area (Å²) in [7, 11) is -4.51. The van der Waals surface area contributed by atoms with E-state index in [0.29, 0.717) is 27.5 Å². The number of alkyl halides is 3. The van der Waals surface area contributed by atoms with E-state index in [1.807, 2.05) is 13.8 Å². The van der Waals surface area contributed by atoms with Gasteiger partial charge in [-0.1, -0.05) is 74.8 Å². The van der Waals surface area contributed by atoms with Crippen molar-refractivity contribution in [3.05, 3.63) is 95.0 Å². The molecule has 0 aliphatic carbocycles. The third-order valence-corrected chi connectivity index (χ3v) is 8.60. The quantitative estimate of drug-likeness (QED) is 0.263. The Labute approximate surface area is 249 Å². The standard InChI is InChI=1S/C30H33ClF3N3O4S/c1-4-27(29(39)35-18-21(2)3)36(19-22-11-8-9-16-26(22)31)28(38)20-37(42(40,41)25-14-6-5-7-15-25)24-13-10-12-23(17-24)30(32,33)34/h5-17,21,27H,4,18-20H2,1-3H3,(H,35,39)/t27-/m1/s1. The summed E-state index contributed by atoms with van der Waals surface area (Å²) in [6.07, 6.45) is -4.56. The number of carbonyl (C=O) groups excluding carboxylic acids is 2. The highest BCUT2D eigenvalue weighted by Crippen LogP contribution is 2.33. The highest BCUT2D eigenvalue weighted by Gasteiger charge is 2.36. The number of nitrogens with one attached hydrogen (secondary N) is 1. The lowest BCUT2D eigenvalue weighted by Crippen LogP contribution is -2.52. The van der Waals surface area contributed by atoms with Gasteiger partial charge in [-0.25, -0.2) is 8.42 Å². The maximum Gasteiger partial charge on any atom is 0.416 e. The van der Waals surface area contributed by atoms with Gasteiger partial charge < -0.3 is 10.2 Å². The van der Waals surface area contributed by atoms with Crippen molar-refractivity contribution in [3.63, 3.8) is 0 Å². The van der Waals surface area contributed by atoms with Gasteiger partial charge in [-0.2, -0.15) is 13.2 Å². The summed E-state index contributed by atoms with van der Waals surface area (Å²) in [6, 6.07) is 16.6. The number of hydrogen-bond acceptors (Lipinski definition) is 4. The molecule has 3 rings (SSSR count). The van der Waals surface area contributed by atoms with Gasteiger partial charge in [-0.3, -0.25) is 13.9 Å². The molecule has 0 fully saturated rings. The number of rotatable bonds is 12. The number of nitrogens with zero attached hydrogens (tertiary/aromatic N) is 2. The van der Waals surface area contributed by atoms with Crippen LogP contribution < -0.4 is 9.62 Å². The van der Waals surface area contributed by atoms with Crippen molar-refractivity contribution in [1.82, 2.24) is 10.2 Å². The smallest absolute Gasteiger partial charge is 0.354 e. The van der Waals surface area contributed by atoms with E-state index >= 15 is 0 Å². The van der Waals surface area contributed by atoms with E-state index in [-0.39, 0.29) is 29.5 Å². The molecule has 0 aliphatic heterocycles. The average molecular weight is 624 g/mol. The van der Waals surface area contributed by atoms with Crippen molar-refractivity contribution >= 4 is 39.1 Å². The first kappa shape index (κ1) is 32.9. The van der Waals surface area contributed by atoms with Crippen molar-refractivity contribution in [3.8, 4) is 0 Å². The predicted molar refractivity (Wildman–Crippen MR) is 156 cm³/mol. The average Bonchev–Trinajstić information content (AvgIpc) is 2.95. The molecule has 2 amide bonds. The minimum atomic E-state index is -4.75. The molecule has 3 aromatic rings. The Kier molecular flexibility index (Phi) is 11.0. The van der Waals surface area contributed by atoms with E-state index in [9.17, 15) is 31.2 Å². The lowest BCUT2D eigenvalue weighted by atomic mass is 10.1. The first-order chi connectivity index (χ1) is 19.8. The van der Waals surface area contributed by atoms with Crippen LogP contribution in [0.2, 0.25) is 5.02 Å². The second-order valence-electron chi connectivity index (χ2n) is 10.0. The van der Waals surface area contributed by atoms with Crippen LogP contribution in [0.25, 0.3) is 0 Å². The predicted octanol–water partition coefficient (Wildman–Crippen LogP) is 6.13. The van der Waals surface area contributed by atoms with Crippen LogP contribution in [0.15, 0.2) is 83.8 Å². The minimum absolute atomic E-state index is 0.131. The second-order valence-corrected chi connectivity index (χ2v) is 12.3. The number of halogens is 4. The molecule has 0 bridgehead atoms. The van der Waals surface area contributed by atoms with Crippen LogP contribution in [0, 0.1) is 5.92 Å². The van der Waals surface area contributed by atoms with Crippen molar-refractivity contribution in [2.75, 3.05) is 17.4 Å². The van der Waals surface area contributed by atoms with Crippen molar-refractivity contribution in [2.45, 2.75) is 50.9 Å². The van der Waals surface area contributed by atoms with E-state index in [2.05, 4.69) is 5.32 Å².